The minimum absolute atomic E-state index is 0.580. The summed E-state index contributed by atoms with van der Waals surface area (Å²) in [6, 6.07) is 1.31. The van der Waals surface area contributed by atoms with Crippen molar-refractivity contribution in [3.63, 3.8) is 0 Å². The zero-order valence-electron chi connectivity index (χ0n) is 13.3. The first-order valence-electron chi connectivity index (χ1n) is 7.91. The fraction of sp³-hybridized carbons (Fsp3) is 0.867. The van der Waals surface area contributed by atoms with Crippen LogP contribution in [0.25, 0.3) is 0 Å². The van der Waals surface area contributed by atoms with E-state index in [-0.39, 0.29) is 0 Å². The summed E-state index contributed by atoms with van der Waals surface area (Å²) >= 11 is 0. The lowest BCUT2D eigenvalue weighted by Crippen LogP contribution is -2.36. The molecule has 1 aromatic rings. The van der Waals surface area contributed by atoms with E-state index in [2.05, 4.69) is 54.4 Å². The average Bonchev–Trinajstić information content (AvgIpc) is 3.10. The van der Waals surface area contributed by atoms with Gasteiger partial charge in [0.15, 0.2) is 0 Å². The second-order valence-corrected chi connectivity index (χ2v) is 6.61. The van der Waals surface area contributed by atoms with Gasteiger partial charge in [0, 0.05) is 37.9 Å². The van der Waals surface area contributed by atoms with Crippen LogP contribution in [0, 0.1) is 5.92 Å². The molecule has 114 valence electrons. The fourth-order valence-electron chi connectivity index (χ4n) is 2.33. The Balaban J connectivity index is 1.76. The van der Waals surface area contributed by atoms with Crippen molar-refractivity contribution < 1.29 is 0 Å². The van der Waals surface area contributed by atoms with E-state index < -0.39 is 0 Å². The zero-order chi connectivity index (χ0) is 14.5. The van der Waals surface area contributed by atoms with Crippen LogP contribution in [-0.4, -0.2) is 45.1 Å². The molecule has 5 nitrogen and oxygen atoms in total. The van der Waals surface area contributed by atoms with Crippen LogP contribution in [0.15, 0.2) is 6.20 Å². The molecule has 1 fully saturated rings. The van der Waals surface area contributed by atoms with E-state index in [1.54, 1.807) is 0 Å². The Hall–Kier alpha value is -0.940. The lowest BCUT2D eigenvalue weighted by molar-refractivity contribution is 0.187. The first kappa shape index (κ1) is 15.4. The smallest absolute Gasteiger partial charge is 0.0964 e. The summed E-state index contributed by atoms with van der Waals surface area (Å²) in [5.41, 5.74) is 1.05. The van der Waals surface area contributed by atoms with Crippen LogP contribution < -0.4 is 5.32 Å². The molecule has 0 bridgehead atoms. The second-order valence-electron chi connectivity index (χ2n) is 6.61. The maximum Gasteiger partial charge on any atom is 0.0964 e. The molecule has 1 saturated carbocycles. The number of hydrogen-bond acceptors (Lipinski definition) is 4. The van der Waals surface area contributed by atoms with Gasteiger partial charge in [0.1, 0.15) is 0 Å². The average molecular weight is 279 g/mol. The topological polar surface area (TPSA) is 46.0 Å². The molecule has 5 heteroatoms. The highest BCUT2D eigenvalue weighted by atomic mass is 15.4. The third-order valence-electron chi connectivity index (χ3n) is 3.68. The van der Waals surface area contributed by atoms with Gasteiger partial charge < -0.3 is 5.32 Å². The van der Waals surface area contributed by atoms with Crippen LogP contribution >= 0.6 is 0 Å². The van der Waals surface area contributed by atoms with Gasteiger partial charge in [-0.2, -0.15) is 0 Å². The van der Waals surface area contributed by atoms with Crippen LogP contribution in [-0.2, 0) is 13.1 Å². The maximum absolute atomic E-state index is 4.23. The van der Waals surface area contributed by atoms with Crippen molar-refractivity contribution in [2.75, 3.05) is 13.1 Å². The van der Waals surface area contributed by atoms with Crippen LogP contribution in [0.5, 0.6) is 0 Å². The first-order valence-corrected chi connectivity index (χ1v) is 7.91. The van der Waals surface area contributed by atoms with Crippen molar-refractivity contribution >= 4 is 0 Å². The molecule has 20 heavy (non-hydrogen) atoms. The number of nitrogens with zero attached hydrogens (tertiary/aromatic N) is 4. The molecule has 0 aliphatic heterocycles. The summed E-state index contributed by atoms with van der Waals surface area (Å²) in [6.07, 6.45) is 4.70. The van der Waals surface area contributed by atoms with Crippen LogP contribution in [0.4, 0.5) is 0 Å². The van der Waals surface area contributed by atoms with Gasteiger partial charge in [0.2, 0.25) is 0 Å². The summed E-state index contributed by atoms with van der Waals surface area (Å²) in [5, 5.41) is 11.9. The third kappa shape index (κ3) is 5.21. The molecule has 0 saturated heterocycles. The second kappa shape index (κ2) is 7.18. The van der Waals surface area contributed by atoms with Gasteiger partial charge in [-0.25, -0.2) is 0 Å². The van der Waals surface area contributed by atoms with E-state index in [0.717, 1.165) is 37.9 Å². The molecule has 1 aromatic heterocycles. The molecule has 0 aromatic carbocycles. The van der Waals surface area contributed by atoms with E-state index in [0.29, 0.717) is 12.0 Å². The van der Waals surface area contributed by atoms with E-state index in [9.17, 15) is 0 Å². The Morgan fingerprint density at radius 1 is 1.35 bits per heavy atom. The summed E-state index contributed by atoms with van der Waals surface area (Å²) in [7, 11) is 0. The van der Waals surface area contributed by atoms with Crippen molar-refractivity contribution in [2.45, 2.75) is 65.7 Å². The molecule has 1 N–H and O–H groups in total. The highest BCUT2D eigenvalue weighted by molar-refractivity contribution is 4.94. The summed E-state index contributed by atoms with van der Waals surface area (Å²) in [5.74, 6) is 0.700. The summed E-state index contributed by atoms with van der Waals surface area (Å²) in [4.78, 5) is 2.51. The van der Waals surface area contributed by atoms with Gasteiger partial charge >= 0.3 is 0 Å². The lowest BCUT2D eigenvalue weighted by atomic mass is 10.2. The van der Waals surface area contributed by atoms with Crippen LogP contribution in [0.2, 0.25) is 0 Å². The Bertz CT molecular complexity index is 395. The summed E-state index contributed by atoms with van der Waals surface area (Å²) in [6.45, 7) is 13.0. The molecule has 0 amide bonds. The normalized spacial score (nSPS) is 15.8. The molecule has 0 radical (unpaired) electrons. The lowest BCUT2D eigenvalue weighted by Gasteiger charge is -2.27. The molecule has 0 spiro atoms. The Morgan fingerprint density at radius 2 is 2.10 bits per heavy atom. The molecular weight excluding hydrogens is 250 g/mol. The highest BCUT2D eigenvalue weighted by Crippen LogP contribution is 2.18. The first-order chi connectivity index (χ1) is 9.54. The van der Waals surface area contributed by atoms with E-state index in [4.69, 9.17) is 0 Å². The molecule has 0 unspecified atom stereocenters. The van der Waals surface area contributed by atoms with Crippen LogP contribution in [0.3, 0.4) is 0 Å². The maximum atomic E-state index is 4.23. The SMILES string of the molecule is CC(C)CN(CCn1cc(CNC2CC2)nn1)C(C)C. The number of nitrogens with one attached hydrogen (secondary N) is 1. The molecule has 1 aliphatic rings. The third-order valence-corrected chi connectivity index (χ3v) is 3.68. The van der Waals surface area contributed by atoms with E-state index >= 15 is 0 Å². The van der Waals surface area contributed by atoms with Gasteiger partial charge in [0.05, 0.1) is 12.2 Å². The van der Waals surface area contributed by atoms with E-state index in [1.165, 1.54) is 12.8 Å². The van der Waals surface area contributed by atoms with Gasteiger partial charge in [-0.15, -0.1) is 5.10 Å². The molecular formula is C15H29N5. The van der Waals surface area contributed by atoms with Gasteiger partial charge in [-0.3, -0.25) is 9.58 Å². The molecule has 0 atom stereocenters. The Labute approximate surface area is 122 Å². The number of rotatable bonds is 9. The predicted octanol–water partition coefficient (Wildman–Crippen LogP) is 1.90. The van der Waals surface area contributed by atoms with Crippen molar-refractivity contribution in [1.82, 2.24) is 25.2 Å². The number of hydrogen-bond donors (Lipinski definition) is 1. The monoisotopic (exact) mass is 279 g/mol. The van der Waals surface area contributed by atoms with Crippen molar-refractivity contribution in [3.05, 3.63) is 11.9 Å². The Morgan fingerprint density at radius 3 is 2.70 bits per heavy atom. The largest absolute Gasteiger partial charge is 0.308 e. The van der Waals surface area contributed by atoms with Crippen LogP contribution in [0.1, 0.15) is 46.2 Å². The van der Waals surface area contributed by atoms with E-state index in [1.807, 2.05) is 4.68 Å². The Kier molecular flexibility index (Phi) is 5.54. The summed E-state index contributed by atoms with van der Waals surface area (Å²) < 4.78 is 1.97. The molecule has 2 rings (SSSR count). The zero-order valence-corrected chi connectivity index (χ0v) is 13.3. The molecule has 1 aliphatic carbocycles. The highest BCUT2D eigenvalue weighted by Gasteiger charge is 2.20. The quantitative estimate of drug-likeness (QED) is 0.750. The van der Waals surface area contributed by atoms with Gasteiger partial charge in [0.25, 0.3) is 0 Å². The minimum Gasteiger partial charge on any atom is -0.308 e. The van der Waals surface area contributed by atoms with Gasteiger partial charge in [-0.05, 0) is 32.6 Å². The van der Waals surface area contributed by atoms with Crippen molar-refractivity contribution in [3.8, 4) is 0 Å². The van der Waals surface area contributed by atoms with Crippen molar-refractivity contribution in [1.29, 1.82) is 0 Å². The van der Waals surface area contributed by atoms with Crippen molar-refractivity contribution in [2.24, 2.45) is 5.92 Å². The minimum atomic E-state index is 0.580. The van der Waals surface area contributed by atoms with Gasteiger partial charge in [-0.1, -0.05) is 19.1 Å². The fourth-order valence-corrected chi connectivity index (χ4v) is 2.33. The predicted molar refractivity (Wildman–Crippen MR) is 81.4 cm³/mol. The molecule has 1 heterocycles. The standard InChI is InChI=1S/C15H29N5/c1-12(2)10-19(13(3)4)7-8-20-11-15(17-18-20)9-16-14-5-6-14/h11-14,16H,5-10H2,1-4H3. The number of aromatic nitrogens is 3.